The summed E-state index contributed by atoms with van der Waals surface area (Å²) in [5.74, 6) is 2.75. The van der Waals surface area contributed by atoms with Crippen LogP contribution in [0.4, 0.5) is 0 Å². The van der Waals surface area contributed by atoms with Crippen LogP contribution in [0.15, 0.2) is 4.99 Å². The van der Waals surface area contributed by atoms with E-state index >= 15 is 0 Å². The number of halogens is 1. The van der Waals surface area contributed by atoms with E-state index in [4.69, 9.17) is 4.74 Å². The standard InChI is InChI=1S/C18H36N4O.HI/c1-16-4-11-22(12-5-16)13-9-20-18(19-2)21(3)10-6-17-7-14-23-15-8-17;/h16-17H,4-15H2,1-3H3,(H,19,20);1H. The van der Waals surface area contributed by atoms with E-state index in [0.717, 1.165) is 50.6 Å². The van der Waals surface area contributed by atoms with Crippen molar-refractivity contribution in [1.29, 1.82) is 0 Å². The van der Waals surface area contributed by atoms with Crippen LogP contribution in [0.5, 0.6) is 0 Å². The van der Waals surface area contributed by atoms with Crippen LogP contribution in [-0.4, -0.2) is 75.8 Å². The summed E-state index contributed by atoms with van der Waals surface area (Å²) in [6.07, 6.45) is 6.37. The second-order valence-corrected chi connectivity index (χ2v) is 7.26. The maximum absolute atomic E-state index is 5.44. The Kier molecular flexibility index (Phi) is 11.3. The Morgan fingerprint density at radius 1 is 1.21 bits per heavy atom. The molecule has 2 aliphatic rings. The van der Waals surface area contributed by atoms with Crippen LogP contribution in [0.25, 0.3) is 0 Å². The van der Waals surface area contributed by atoms with Gasteiger partial charge in [-0.05, 0) is 57.0 Å². The van der Waals surface area contributed by atoms with Crippen molar-refractivity contribution >= 4 is 29.9 Å². The summed E-state index contributed by atoms with van der Waals surface area (Å²) >= 11 is 0. The van der Waals surface area contributed by atoms with Crippen molar-refractivity contribution < 1.29 is 4.74 Å². The van der Waals surface area contributed by atoms with Gasteiger partial charge in [0.15, 0.2) is 5.96 Å². The summed E-state index contributed by atoms with van der Waals surface area (Å²) in [4.78, 5) is 9.28. The highest BCUT2D eigenvalue weighted by molar-refractivity contribution is 14.0. The molecule has 0 radical (unpaired) electrons. The summed E-state index contributed by atoms with van der Waals surface area (Å²) < 4.78 is 5.44. The first-order chi connectivity index (χ1) is 11.2. The smallest absolute Gasteiger partial charge is 0.193 e. The van der Waals surface area contributed by atoms with Crippen LogP contribution in [0, 0.1) is 11.8 Å². The average molecular weight is 452 g/mol. The average Bonchev–Trinajstić information content (AvgIpc) is 2.59. The van der Waals surface area contributed by atoms with Gasteiger partial charge in [0, 0.05) is 46.9 Å². The molecule has 0 amide bonds. The number of rotatable bonds is 6. The lowest BCUT2D eigenvalue weighted by atomic mass is 9.96. The maximum atomic E-state index is 5.44. The number of hydrogen-bond acceptors (Lipinski definition) is 3. The van der Waals surface area contributed by atoms with Gasteiger partial charge in [-0.15, -0.1) is 24.0 Å². The first-order valence-corrected chi connectivity index (χ1v) is 9.41. The number of likely N-dealkylation sites (tertiary alicyclic amines) is 1. The zero-order chi connectivity index (χ0) is 16.5. The molecule has 2 heterocycles. The van der Waals surface area contributed by atoms with Crippen LogP contribution >= 0.6 is 24.0 Å². The zero-order valence-corrected chi connectivity index (χ0v) is 18.1. The Morgan fingerprint density at radius 2 is 1.88 bits per heavy atom. The second kappa shape index (κ2) is 12.3. The Bertz CT molecular complexity index is 353. The highest BCUT2D eigenvalue weighted by Crippen LogP contribution is 2.18. The van der Waals surface area contributed by atoms with Crippen molar-refractivity contribution in [1.82, 2.24) is 15.1 Å². The van der Waals surface area contributed by atoms with E-state index in [-0.39, 0.29) is 24.0 Å². The van der Waals surface area contributed by atoms with E-state index in [0.29, 0.717) is 0 Å². The fraction of sp³-hybridized carbons (Fsp3) is 0.944. The van der Waals surface area contributed by atoms with Gasteiger partial charge in [-0.1, -0.05) is 6.92 Å². The van der Waals surface area contributed by atoms with E-state index in [9.17, 15) is 0 Å². The first kappa shape index (κ1) is 22.0. The predicted molar refractivity (Wildman–Crippen MR) is 112 cm³/mol. The molecule has 0 spiro atoms. The molecule has 5 nitrogen and oxygen atoms in total. The second-order valence-electron chi connectivity index (χ2n) is 7.26. The summed E-state index contributed by atoms with van der Waals surface area (Å²) in [6, 6.07) is 0. The summed E-state index contributed by atoms with van der Waals surface area (Å²) in [6.45, 7) is 9.94. The van der Waals surface area contributed by atoms with Gasteiger partial charge in [0.25, 0.3) is 0 Å². The lowest BCUT2D eigenvalue weighted by Crippen LogP contribution is -2.44. The molecule has 0 unspecified atom stereocenters. The Hall–Kier alpha value is -0.0800. The fourth-order valence-corrected chi connectivity index (χ4v) is 3.51. The molecule has 1 N–H and O–H groups in total. The third-order valence-corrected chi connectivity index (χ3v) is 5.37. The molecule has 2 saturated heterocycles. The molecule has 24 heavy (non-hydrogen) atoms. The molecule has 2 rings (SSSR count). The molecule has 0 aromatic rings. The number of ether oxygens (including phenoxy) is 1. The maximum Gasteiger partial charge on any atom is 0.193 e. The van der Waals surface area contributed by atoms with E-state index in [1.807, 2.05) is 7.05 Å². The van der Waals surface area contributed by atoms with E-state index in [2.05, 4.69) is 34.1 Å². The highest BCUT2D eigenvalue weighted by Gasteiger charge is 2.17. The highest BCUT2D eigenvalue weighted by atomic mass is 127. The topological polar surface area (TPSA) is 40.1 Å². The number of aliphatic imine (C=N–C) groups is 1. The van der Waals surface area contributed by atoms with Crippen LogP contribution in [0.2, 0.25) is 0 Å². The van der Waals surface area contributed by atoms with Gasteiger partial charge in [0.05, 0.1) is 0 Å². The van der Waals surface area contributed by atoms with Crippen LogP contribution in [0.1, 0.15) is 39.0 Å². The quantitative estimate of drug-likeness (QED) is 0.382. The molecule has 0 bridgehead atoms. The molecule has 0 saturated carbocycles. The van der Waals surface area contributed by atoms with Crippen molar-refractivity contribution in [2.45, 2.75) is 39.0 Å². The first-order valence-electron chi connectivity index (χ1n) is 9.41. The van der Waals surface area contributed by atoms with Crippen molar-refractivity contribution in [2.75, 3.05) is 60.0 Å². The third kappa shape index (κ3) is 7.87. The van der Waals surface area contributed by atoms with Crippen molar-refractivity contribution in [3.05, 3.63) is 0 Å². The van der Waals surface area contributed by atoms with Crippen LogP contribution in [-0.2, 0) is 4.74 Å². The van der Waals surface area contributed by atoms with Crippen molar-refractivity contribution in [3.8, 4) is 0 Å². The van der Waals surface area contributed by atoms with Crippen LogP contribution < -0.4 is 5.32 Å². The molecule has 0 atom stereocenters. The van der Waals surface area contributed by atoms with Gasteiger partial charge >= 0.3 is 0 Å². The van der Waals surface area contributed by atoms with E-state index in [1.165, 1.54) is 45.2 Å². The number of piperidine rings is 1. The Labute approximate surface area is 165 Å². The van der Waals surface area contributed by atoms with Crippen molar-refractivity contribution in [3.63, 3.8) is 0 Å². The van der Waals surface area contributed by atoms with Crippen LogP contribution in [0.3, 0.4) is 0 Å². The molecule has 6 heteroatoms. The van der Waals surface area contributed by atoms with Gasteiger partial charge in [-0.2, -0.15) is 0 Å². The molecule has 0 aromatic heterocycles. The largest absolute Gasteiger partial charge is 0.381 e. The fourth-order valence-electron chi connectivity index (χ4n) is 3.51. The van der Waals surface area contributed by atoms with Gasteiger partial charge in [-0.25, -0.2) is 0 Å². The minimum atomic E-state index is 0. The van der Waals surface area contributed by atoms with Crippen molar-refractivity contribution in [2.24, 2.45) is 16.8 Å². The zero-order valence-electron chi connectivity index (χ0n) is 15.8. The summed E-state index contributed by atoms with van der Waals surface area (Å²) in [7, 11) is 4.03. The third-order valence-electron chi connectivity index (χ3n) is 5.37. The lowest BCUT2D eigenvalue weighted by Gasteiger charge is -2.31. The Balaban J connectivity index is 0.00000288. The Morgan fingerprint density at radius 3 is 2.50 bits per heavy atom. The molecule has 2 fully saturated rings. The molecule has 2 aliphatic heterocycles. The molecular weight excluding hydrogens is 415 g/mol. The van der Waals surface area contributed by atoms with Gasteiger partial charge in [-0.3, -0.25) is 4.99 Å². The molecule has 142 valence electrons. The van der Waals surface area contributed by atoms with E-state index < -0.39 is 0 Å². The normalized spacial score (nSPS) is 21.4. The predicted octanol–water partition coefficient (Wildman–Crippen LogP) is 2.66. The summed E-state index contributed by atoms with van der Waals surface area (Å²) in [5.41, 5.74) is 0. The van der Waals surface area contributed by atoms with Gasteiger partial charge in [0.1, 0.15) is 0 Å². The summed E-state index contributed by atoms with van der Waals surface area (Å²) in [5, 5.41) is 3.53. The SMILES string of the molecule is CN=C(NCCN1CCC(C)CC1)N(C)CCC1CCOCC1.I. The monoisotopic (exact) mass is 452 g/mol. The molecular formula is C18H37IN4O. The number of guanidine groups is 1. The minimum Gasteiger partial charge on any atom is -0.381 e. The number of nitrogens with one attached hydrogen (secondary N) is 1. The lowest BCUT2D eigenvalue weighted by molar-refractivity contribution is 0.0625. The van der Waals surface area contributed by atoms with E-state index in [1.54, 1.807) is 0 Å². The molecule has 0 aliphatic carbocycles. The van der Waals surface area contributed by atoms with Gasteiger partial charge < -0.3 is 19.9 Å². The number of nitrogens with zero attached hydrogens (tertiary/aromatic N) is 3. The number of hydrogen-bond donors (Lipinski definition) is 1. The van der Waals surface area contributed by atoms with Gasteiger partial charge in [0.2, 0.25) is 0 Å². The minimum absolute atomic E-state index is 0. The molecule has 0 aromatic carbocycles.